The maximum Gasteiger partial charge on any atom is 0.295 e. The van der Waals surface area contributed by atoms with E-state index >= 15 is 0 Å². The first-order chi connectivity index (χ1) is 21.3. The summed E-state index contributed by atoms with van der Waals surface area (Å²) >= 11 is 0. The van der Waals surface area contributed by atoms with Gasteiger partial charge in [0.15, 0.2) is 11.0 Å². The Morgan fingerprint density at radius 3 is 2.14 bits per heavy atom. The van der Waals surface area contributed by atoms with Crippen LogP contribution in [0, 0.1) is 6.92 Å². The summed E-state index contributed by atoms with van der Waals surface area (Å²) in [6.45, 7) is 11.5. The molecule has 0 N–H and O–H groups in total. The minimum atomic E-state index is 0.374. The standard InChI is InChI=1S/C41H37N2O/c1-24(2)33-19-30(27-12-8-7-9-13-27)20-34(25(3)4)40(33)29-15-16-31-32-14-10-11-26(5)39(32)41-42(6)36-21-28-17-18-44-38(28)23-37(36)43(41)35(31)22-29/h7-25H,1-6H3/q+1. The summed E-state index contributed by atoms with van der Waals surface area (Å²) in [5.41, 5.74) is 14.9. The van der Waals surface area contributed by atoms with Gasteiger partial charge in [0.1, 0.15) is 11.1 Å². The maximum atomic E-state index is 5.91. The summed E-state index contributed by atoms with van der Waals surface area (Å²) in [7, 11) is 2.20. The van der Waals surface area contributed by atoms with Crippen LogP contribution >= 0.6 is 0 Å². The number of hydrogen-bond acceptors (Lipinski definition) is 1. The van der Waals surface area contributed by atoms with E-state index in [1.54, 1.807) is 6.26 Å². The van der Waals surface area contributed by atoms with Crippen LogP contribution in [0.3, 0.4) is 0 Å². The lowest BCUT2D eigenvalue weighted by atomic mass is 9.82. The quantitative estimate of drug-likeness (QED) is 0.152. The van der Waals surface area contributed by atoms with Crippen LogP contribution in [0.4, 0.5) is 0 Å². The van der Waals surface area contributed by atoms with E-state index in [0.29, 0.717) is 11.8 Å². The van der Waals surface area contributed by atoms with Gasteiger partial charge in [-0.1, -0.05) is 94.4 Å². The van der Waals surface area contributed by atoms with Crippen LogP contribution in [0.1, 0.15) is 56.2 Å². The lowest BCUT2D eigenvalue weighted by Gasteiger charge is -2.22. The fourth-order valence-corrected chi connectivity index (χ4v) is 7.35. The highest BCUT2D eigenvalue weighted by Gasteiger charge is 2.26. The smallest absolute Gasteiger partial charge is 0.295 e. The van der Waals surface area contributed by atoms with Gasteiger partial charge in [0.05, 0.1) is 18.7 Å². The Balaban J connectivity index is 1.52. The van der Waals surface area contributed by atoms with Gasteiger partial charge in [-0.3, -0.25) is 0 Å². The molecule has 0 bridgehead atoms. The van der Waals surface area contributed by atoms with Crippen LogP contribution in [-0.2, 0) is 7.05 Å². The van der Waals surface area contributed by atoms with Gasteiger partial charge in [-0.05, 0) is 75.9 Å². The number of imidazole rings is 1. The fourth-order valence-electron chi connectivity index (χ4n) is 7.35. The van der Waals surface area contributed by atoms with Gasteiger partial charge in [0, 0.05) is 28.3 Å². The third-order valence-corrected chi connectivity index (χ3v) is 9.55. The number of furan rings is 1. The Labute approximate surface area is 258 Å². The first kappa shape index (κ1) is 26.7. The Morgan fingerprint density at radius 1 is 0.659 bits per heavy atom. The molecule has 0 aliphatic carbocycles. The molecule has 0 amide bonds. The number of rotatable bonds is 4. The maximum absolute atomic E-state index is 5.91. The second-order valence-electron chi connectivity index (χ2n) is 13.0. The van der Waals surface area contributed by atoms with E-state index < -0.39 is 0 Å². The molecule has 0 aliphatic heterocycles. The van der Waals surface area contributed by atoms with Gasteiger partial charge >= 0.3 is 0 Å². The zero-order valence-electron chi connectivity index (χ0n) is 26.3. The zero-order chi connectivity index (χ0) is 30.3. The molecule has 44 heavy (non-hydrogen) atoms. The van der Waals surface area contributed by atoms with Crippen LogP contribution in [-0.4, -0.2) is 4.40 Å². The molecule has 8 rings (SSSR count). The lowest BCUT2D eigenvalue weighted by Crippen LogP contribution is -2.27. The van der Waals surface area contributed by atoms with E-state index in [1.807, 2.05) is 0 Å². The summed E-state index contributed by atoms with van der Waals surface area (Å²) in [4.78, 5) is 0. The second-order valence-corrected chi connectivity index (χ2v) is 13.0. The van der Waals surface area contributed by atoms with Crippen molar-refractivity contribution >= 4 is 49.3 Å². The predicted octanol–water partition coefficient (Wildman–Crippen LogP) is 10.9. The monoisotopic (exact) mass is 573 g/mol. The Morgan fingerprint density at radius 2 is 1.41 bits per heavy atom. The van der Waals surface area contributed by atoms with Crippen LogP contribution < -0.4 is 4.57 Å². The molecule has 216 valence electrons. The predicted molar refractivity (Wildman–Crippen MR) is 185 cm³/mol. The number of pyridine rings is 1. The van der Waals surface area contributed by atoms with Crippen molar-refractivity contribution in [3.8, 4) is 22.3 Å². The number of hydrogen-bond donors (Lipinski definition) is 0. The fraction of sp³-hybridized carbons (Fsp3) is 0.195. The summed E-state index contributed by atoms with van der Waals surface area (Å²) < 4.78 is 10.7. The normalized spacial score (nSPS) is 12.3. The van der Waals surface area contributed by atoms with Crippen LogP contribution in [0.25, 0.3) is 71.6 Å². The van der Waals surface area contributed by atoms with Crippen molar-refractivity contribution in [1.29, 1.82) is 0 Å². The van der Waals surface area contributed by atoms with E-state index in [1.165, 1.54) is 71.8 Å². The highest BCUT2D eigenvalue weighted by molar-refractivity contribution is 6.15. The highest BCUT2D eigenvalue weighted by Crippen LogP contribution is 2.42. The van der Waals surface area contributed by atoms with Gasteiger partial charge in [-0.15, -0.1) is 0 Å². The molecule has 0 radical (unpaired) electrons. The van der Waals surface area contributed by atoms with Crippen molar-refractivity contribution in [3.05, 3.63) is 120 Å². The number of fused-ring (bicyclic) bond motifs is 9. The summed E-state index contributed by atoms with van der Waals surface area (Å²) in [6.07, 6.45) is 1.78. The Bertz CT molecular complexity index is 2370. The Hall–Kier alpha value is -4.89. The summed E-state index contributed by atoms with van der Waals surface area (Å²) in [5.74, 6) is 0.747. The van der Waals surface area contributed by atoms with Crippen LogP contribution in [0.2, 0.25) is 0 Å². The van der Waals surface area contributed by atoms with E-state index in [2.05, 4.69) is 148 Å². The van der Waals surface area contributed by atoms with E-state index in [-0.39, 0.29) is 0 Å². The second kappa shape index (κ2) is 9.82. The molecule has 0 fully saturated rings. The largest absolute Gasteiger partial charge is 0.464 e. The Kier molecular flexibility index (Phi) is 5.96. The molecule has 0 aliphatic rings. The summed E-state index contributed by atoms with van der Waals surface area (Å²) in [5, 5.41) is 4.96. The van der Waals surface area contributed by atoms with E-state index in [0.717, 1.165) is 16.5 Å². The average molecular weight is 574 g/mol. The van der Waals surface area contributed by atoms with Crippen molar-refractivity contribution in [1.82, 2.24) is 4.40 Å². The molecule has 0 saturated carbocycles. The topological polar surface area (TPSA) is 21.4 Å². The van der Waals surface area contributed by atoms with Gasteiger partial charge in [0.25, 0.3) is 5.65 Å². The van der Waals surface area contributed by atoms with Gasteiger partial charge < -0.3 is 4.42 Å². The third-order valence-electron chi connectivity index (χ3n) is 9.55. The third kappa shape index (κ3) is 3.85. The molecule has 0 spiro atoms. The minimum Gasteiger partial charge on any atom is -0.464 e. The molecule has 0 saturated heterocycles. The average Bonchev–Trinajstić information content (AvgIpc) is 3.61. The van der Waals surface area contributed by atoms with Crippen molar-refractivity contribution in [2.24, 2.45) is 7.05 Å². The zero-order valence-corrected chi connectivity index (χ0v) is 26.3. The minimum absolute atomic E-state index is 0.374. The molecule has 3 heteroatoms. The van der Waals surface area contributed by atoms with Gasteiger partial charge in [-0.25, -0.2) is 4.57 Å². The number of aryl methyl sites for hydroxylation is 2. The van der Waals surface area contributed by atoms with Gasteiger partial charge in [0.2, 0.25) is 0 Å². The van der Waals surface area contributed by atoms with Gasteiger partial charge in [-0.2, -0.15) is 4.40 Å². The van der Waals surface area contributed by atoms with Crippen LogP contribution in [0.5, 0.6) is 0 Å². The lowest BCUT2D eigenvalue weighted by molar-refractivity contribution is -0.617. The number of nitrogens with zero attached hydrogens (tertiary/aromatic N) is 2. The van der Waals surface area contributed by atoms with Crippen molar-refractivity contribution in [2.75, 3.05) is 0 Å². The molecule has 0 atom stereocenters. The molecular formula is C41H37N2O+. The summed E-state index contributed by atoms with van der Waals surface area (Å²) in [6, 6.07) is 36.0. The molecular weight excluding hydrogens is 536 g/mol. The molecule has 0 unspecified atom stereocenters. The molecule has 5 aromatic carbocycles. The van der Waals surface area contributed by atoms with Crippen molar-refractivity contribution in [2.45, 2.75) is 46.5 Å². The SMILES string of the molecule is Cc1cccc2c3ccc(-c4c(C(C)C)cc(-c5ccccc5)cc4C(C)C)cc3n3c4cc5occc5cc4[n+](C)c3c12. The molecule has 8 aromatic rings. The first-order valence-corrected chi connectivity index (χ1v) is 15.7. The molecule has 3 nitrogen and oxygen atoms in total. The highest BCUT2D eigenvalue weighted by atomic mass is 16.3. The molecule has 3 heterocycles. The number of aromatic nitrogens is 2. The van der Waals surface area contributed by atoms with E-state index in [9.17, 15) is 0 Å². The van der Waals surface area contributed by atoms with E-state index in [4.69, 9.17) is 4.42 Å². The first-order valence-electron chi connectivity index (χ1n) is 15.7. The molecule has 3 aromatic heterocycles. The number of benzene rings is 5. The van der Waals surface area contributed by atoms with Crippen molar-refractivity contribution in [3.63, 3.8) is 0 Å². The van der Waals surface area contributed by atoms with Crippen molar-refractivity contribution < 1.29 is 8.98 Å². The van der Waals surface area contributed by atoms with Crippen LogP contribution in [0.15, 0.2) is 108 Å².